The third-order valence-corrected chi connectivity index (χ3v) is 4.66. The first-order chi connectivity index (χ1) is 12.3. The maximum Gasteiger partial charge on any atom is 0.117 e. The van der Waals surface area contributed by atoms with Gasteiger partial charge in [0.25, 0.3) is 0 Å². The second-order valence-electron chi connectivity index (χ2n) is 5.83. The van der Waals surface area contributed by atoms with Crippen molar-refractivity contribution in [2.75, 3.05) is 0 Å². The lowest BCUT2D eigenvalue weighted by Crippen LogP contribution is -1.87. The Morgan fingerprint density at radius 3 is 2.20 bits per heavy atom. The zero-order valence-electron chi connectivity index (χ0n) is 13.3. The van der Waals surface area contributed by atoms with Gasteiger partial charge in [-0.25, -0.2) is 0 Å². The molecule has 4 aromatic carbocycles. The van der Waals surface area contributed by atoms with E-state index in [4.69, 9.17) is 11.6 Å². The Morgan fingerprint density at radius 1 is 0.680 bits per heavy atom. The lowest BCUT2D eigenvalue weighted by atomic mass is 9.92. The highest BCUT2D eigenvalue weighted by Crippen LogP contribution is 2.41. The molecule has 0 unspecified atom stereocenters. The summed E-state index contributed by atoms with van der Waals surface area (Å²) in [6.45, 7) is 0. The highest BCUT2D eigenvalue weighted by atomic mass is 35.5. The summed E-state index contributed by atoms with van der Waals surface area (Å²) in [6, 6.07) is 27.7. The van der Waals surface area contributed by atoms with E-state index in [1.807, 2.05) is 36.4 Å². The molecule has 0 fully saturated rings. The van der Waals surface area contributed by atoms with E-state index in [9.17, 15) is 4.91 Å². The summed E-state index contributed by atoms with van der Waals surface area (Å²) in [5, 5.41) is 6.04. The average Bonchev–Trinajstić information content (AvgIpc) is 2.67. The Hall–Kier alpha value is -2.97. The fourth-order valence-corrected chi connectivity index (χ4v) is 3.44. The standard InChI is InChI=1S/C22H14ClNO/c23-20-10-5-11-21(24-25)22(20)19-9-4-3-8-18(19)17-13-12-15-6-1-2-7-16(15)14-17/h1-14H. The largest absolute Gasteiger partial charge is 0.145 e. The van der Waals surface area contributed by atoms with E-state index >= 15 is 0 Å². The van der Waals surface area contributed by atoms with Crippen LogP contribution in [0.15, 0.2) is 90.1 Å². The topological polar surface area (TPSA) is 29.4 Å². The van der Waals surface area contributed by atoms with Gasteiger partial charge in [-0.2, -0.15) is 0 Å². The van der Waals surface area contributed by atoms with Gasteiger partial charge in [-0.3, -0.25) is 0 Å². The second kappa shape index (κ2) is 6.50. The summed E-state index contributed by atoms with van der Waals surface area (Å²) in [7, 11) is 0. The molecule has 0 amide bonds. The van der Waals surface area contributed by atoms with Crippen LogP contribution in [-0.2, 0) is 0 Å². The summed E-state index contributed by atoms with van der Waals surface area (Å²) in [4.78, 5) is 11.3. The van der Waals surface area contributed by atoms with Crippen LogP contribution in [0.5, 0.6) is 0 Å². The van der Waals surface area contributed by atoms with Gasteiger partial charge in [0.05, 0.1) is 5.02 Å². The second-order valence-corrected chi connectivity index (χ2v) is 6.24. The van der Waals surface area contributed by atoms with Crippen molar-refractivity contribution >= 4 is 28.1 Å². The van der Waals surface area contributed by atoms with E-state index in [0.29, 0.717) is 16.3 Å². The molecule has 0 saturated carbocycles. The SMILES string of the molecule is O=Nc1cccc(Cl)c1-c1ccccc1-c1ccc2ccccc2c1. The van der Waals surface area contributed by atoms with Crippen LogP contribution in [0.2, 0.25) is 5.02 Å². The van der Waals surface area contributed by atoms with Crippen LogP contribution in [0.25, 0.3) is 33.0 Å². The minimum atomic E-state index is 0.348. The Labute approximate surface area is 150 Å². The molecule has 4 rings (SSSR count). The van der Waals surface area contributed by atoms with Gasteiger partial charge < -0.3 is 0 Å². The number of fused-ring (bicyclic) bond motifs is 1. The maximum atomic E-state index is 11.3. The molecule has 0 atom stereocenters. The van der Waals surface area contributed by atoms with Crippen LogP contribution in [0.1, 0.15) is 0 Å². The normalized spacial score (nSPS) is 10.8. The van der Waals surface area contributed by atoms with Gasteiger partial charge in [-0.05, 0) is 50.8 Å². The number of halogens is 1. The van der Waals surface area contributed by atoms with Crippen LogP contribution in [0, 0.1) is 4.91 Å². The minimum absolute atomic E-state index is 0.348. The molecule has 0 aliphatic rings. The monoisotopic (exact) mass is 343 g/mol. The summed E-state index contributed by atoms with van der Waals surface area (Å²) >= 11 is 6.40. The Bertz CT molecular complexity index is 1090. The number of hydrogen-bond acceptors (Lipinski definition) is 2. The number of rotatable bonds is 3. The lowest BCUT2D eigenvalue weighted by molar-refractivity contribution is 1.48. The van der Waals surface area contributed by atoms with Gasteiger partial charge in [0.1, 0.15) is 5.69 Å². The highest BCUT2D eigenvalue weighted by molar-refractivity contribution is 6.34. The summed E-state index contributed by atoms with van der Waals surface area (Å²) in [5.74, 6) is 0. The lowest BCUT2D eigenvalue weighted by Gasteiger charge is -2.13. The molecule has 0 aliphatic carbocycles. The molecule has 0 radical (unpaired) electrons. The van der Waals surface area contributed by atoms with E-state index in [0.717, 1.165) is 16.7 Å². The van der Waals surface area contributed by atoms with Gasteiger partial charge in [0, 0.05) is 5.56 Å². The average molecular weight is 344 g/mol. The van der Waals surface area contributed by atoms with Gasteiger partial charge in [-0.1, -0.05) is 78.3 Å². The molecule has 0 bridgehead atoms. The number of nitrogens with zero attached hydrogens (tertiary/aromatic N) is 1. The van der Waals surface area contributed by atoms with Crippen molar-refractivity contribution in [2.24, 2.45) is 5.18 Å². The predicted molar refractivity (Wildman–Crippen MR) is 105 cm³/mol. The van der Waals surface area contributed by atoms with Crippen LogP contribution < -0.4 is 0 Å². The van der Waals surface area contributed by atoms with Crippen molar-refractivity contribution in [1.29, 1.82) is 0 Å². The fourth-order valence-electron chi connectivity index (χ4n) is 3.17. The highest BCUT2D eigenvalue weighted by Gasteiger charge is 2.15. The van der Waals surface area contributed by atoms with Crippen molar-refractivity contribution in [1.82, 2.24) is 0 Å². The predicted octanol–water partition coefficient (Wildman–Crippen LogP) is 7.23. The molecule has 0 aliphatic heterocycles. The molecule has 0 heterocycles. The molecule has 0 spiro atoms. The Balaban J connectivity index is 1.97. The van der Waals surface area contributed by atoms with Crippen molar-refractivity contribution in [3.8, 4) is 22.3 Å². The van der Waals surface area contributed by atoms with Crippen molar-refractivity contribution in [3.63, 3.8) is 0 Å². The molecule has 3 heteroatoms. The summed E-state index contributed by atoms with van der Waals surface area (Å²) in [5.41, 5.74) is 4.01. The minimum Gasteiger partial charge on any atom is -0.145 e. The van der Waals surface area contributed by atoms with Crippen LogP contribution in [0.3, 0.4) is 0 Å². The van der Waals surface area contributed by atoms with E-state index in [-0.39, 0.29) is 0 Å². The third kappa shape index (κ3) is 2.81. The van der Waals surface area contributed by atoms with Gasteiger partial charge in [0.2, 0.25) is 0 Å². The molecular weight excluding hydrogens is 330 g/mol. The van der Waals surface area contributed by atoms with E-state index < -0.39 is 0 Å². The van der Waals surface area contributed by atoms with Crippen molar-refractivity contribution in [3.05, 3.63) is 94.9 Å². The Kier molecular flexibility index (Phi) is 4.04. The van der Waals surface area contributed by atoms with Gasteiger partial charge in [-0.15, -0.1) is 4.91 Å². The zero-order valence-corrected chi connectivity index (χ0v) is 14.1. The maximum absolute atomic E-state index is 11.3. The number of nitroso groups, excluding NO2 is 1. The van der Waals surface area contributed by atoms with E-state index in [1.54, 1.807) is 18.2 Å². The quantitative estimate of drug-likeness (QED) is 0.361. The van der Waals surface area contributed by atoms with Gasteiger partial charge in [0.15, 0.2) is 0 Å². The summed E-state index contributed by atoms with van der Waals surface area (Å²) < 4.78 is 0. The Morgan fingerprint density at radius 2 is 1.40 bits per heavy atom. The molecule has 2 nitrogen and oxygen atoms in total. The first-order valence-corrected chi connectivity index (χ1v) is 8.36. The number of hydrogen-bond donors (Lipinski definition) is 0. The molecule has 0 N–H and O–H groups in total. The van der Waals surface area contributed by atoms with Crippen LogP contribution in [0.4, 0.5) is 5.69 Å². The molecule has 25 heavy (non-hydrogen) atoms. The van der Waals surface area contributed by atoms with Crippen LogP contribution in [-0.4, -0.2) is 0 Å². The number of benzene rings is 4. The molecule has 4 aromatic rings. The zero-order chi connectivity index (χ0) is 17.2. The summed E-state index contributed by atoms with van der Waals surface area (Å²) in [6.07, 6.45) is 0. The van der Waals surface area contributed by atoms with Crippen molar-refractivity contribution in [2.45, 2.75) is 0 Å². The third-order valence-electron chi connectivity index (χ3n) is 4.35. The van der Waals surface area contributed by atoms with Crippen LogP contribution >= 0.6 is 11.6 Å². The molecule has 120 valence electrons. The van der Waals surface area contributed by atoms with E-state index in [1.165, 1.54) is 10.8 Å². The fraction of sp³-hybridized carbons (Fsp3) is 0. The van der Waals surface area contributed by atoms with Gasteiger partial charge >= 0.3 is 0 Å². The van der Waals surface area contributed by atoms with Crippen molar-refractivity contribution < 1.29 is 0 Å². The van der Waals surface area contributed by atoms with E-state index in [2.05, 4.69) is 35.5 Å². The molecule has 0 aromatic heterocycles. The smallest absolute Gasteiger partial charge is 0.117 e. The molecular formula is C22H14ClNO. The molecule has 0 saturated heterocycles. The first kappa shape index (κ1) is 15.6. The first-order valence-electron chi connectivity index (χ1n) is 7.98.